The third-order valence-electron chi connectivity index (χ3n) is 2.69. The van der Waals surface area contributed by atoms with Crippen LogP contribution in [0.3, 0.4) is 0 Å². The van der Waals surface area contributed by atoms with Crippen molar-refractivity contribution in [2.45, 2.75) is 13.5 Å². The molecule has 0 fully saturated rings. The van der Waals surface area contributed by atoms with Crippen LogP contribution in [0.4, 0.5) is 0 Å². The molecule has 0 atom stereocenters. The summed E-state index contributed by atoms with van der Waals surface area (Å²) >= 11 is 0. The molecule has 98 valence electrons. The zero-order valence-electron chi connectivity index (χ0n) is 10.4. The Balaban J connectivity index is 2.05. The number of nitrogens with zero attached hydrogens (tertiary/aromatic N) is 1. The van der Waals surface area contributed by atoms with Crippen LogP contribution in [0, 0.1) is 6.92 Å². The van der Waals surface area contributed by atoms with Crippen LogP contribution in [0.2, 0.25) is 0 Å². The zero-order valence-corrected chi connectivity index (χ0v) is 10.4. The number of phenols is 2. The molecular formula is C14H14N2O3. The van der Waals surface area contributed by atoms with E-state index in [0.29, 0.717) is 6.54 Å². The minimum atomic E-state index is -0.450. The maximum atomic E-state index is 11.9. The Morgan fingerprint density at radius 3 is 2.74 bits per heavy atom. The maximum absolute atomic E-state index is 11.9. The molecule has 1 amide bonds. The number of rotatable bonds is 3. The fraction of sp³-hybridized carbons (Fsp3) is 0.143. The minimum Gasteiger partial charge on any atom is -0.504 e. The standard InChI is InChI=1S/C14H14N2O3/c1-9-5-6-10(7-15-9)8-16-14(19)11-3-2-4-12(17)13(11)18/h2-7,17-18H,8H2,1H3,(H,16,19). The molecule has 2 aromatic rings. The van der Waals surface area contributed by atoms with E-state index in [1.54, 1.807) is 6.20 Å². The second-order valence-corrected chi connectivity index (χ2v) is 4.16. The second-order valence-electron chi connectivity index (χ2n) is 4.16. The molecule has 5 heteroatoms. The SMILES string of the molecule is Cc1ccc(CNC(=O)c2cccc(O)c2O)cn1. The molecule has 3 N–H and O–H groups in total. The van der Waals surface area contributed by atoms with Crippen molar-refractivity contribution in [3.8, 4) is 11.5 Å². The Hall–Kier alpha value is -2.56. The van der Waals surface area contributed by atoms with Crippen molar-refractivity contribution < 1.29 is 15.0 Å². The van der Waals surface area contributed by atoms with Gasteiger partial charge in [0.25, 0.3) is 5.91 Å². The summed E-state index contributed by atoms with van der Waals surface area (Å²) in [6.07, 6.45) is 1.68. The molecule has 0 aliphatic rings. The molecule has 1 heterocycles. The van der Waals surface area contributed by atoms with Crippen LogP contribution in [-0.2, 0) is 6.54 Å². The van der Waals surface area contributed by atoms with Crippen LogP contribution in [0.5, 0.6) is 11.5 Å². The van der Waals surface area contributed by atoms with E-state index < -0.39 is 11.7 Å². The van der Waals surface area contributed by atoms with Gasteiger partial charge in [0.1, 0.15) is 0 Å². The van der Waals surface area contributed by atoms with Gasteiger partial charge in [-0.25, -0.2) is 0 Å². The number of phenolic OH excluding ortho intramolecular Hbond substituents is 2. The zero-order chi connectivity index (χ0) is 13.8. The van der Waals surface area contributed by atoms with Crippen LogP contribution in [0.15, 0.2) is 36.5 Å². The lowest BCUT2D eigenvalue weighted by Gasteiger charge is -2.07. The van der Waals surface area contributed by atoms with E-state index in [-0.39, 0.29) is 11.3 Å². The quantitative estimate of drug-likeness (QED) is 0.732. The van der Waals surface area contributed by atoms with Crippen molar-refractivity contribution in [3.63, 3.8) is 0 Å². The van der Waals surface area contributed by atoms with E-state index in [0.717, 1.165) is 11.3 Å². The van der Waals surface area contributed by atoms with Gasteiger partial charge in [-0.2, -0.15) is 0 Å². The molecule has 0 aliphatic carbocycles. The number of pyridine rings is 1. The van der Waals surface area contributed by atoms with E-state index in [1.807, 2.05) is 19.1 Å². The van der Waals surface area contributed by atoms with Crippen LogP contribution < -0.4 is 5.32 Å². The van der Waals surface area contributed by atoms with Crippen molar-refractivity contribution >= 4 is 5.91 Å². The number of benzene rings is 1. The lowest BCUT2D eigenvalue weighted by molar-refractivity contribution is 0.0947. The summed E-state index contributed by atoms with van der Waals surface area (Å²) in [6.45, 7) is 2.19. The molecule has 0 saturated carbocycles. The molecule has 0 unspecified atom stereocenters. The Morgan fingerprint density at radius 2 is 2.05 bits per heavy atom. The van der Waals surface area contributed by atoms with Gasteiger partial charge < -0.3 is 15.5 Å². The summed E-state index contributed by atoms with van der Waals surface area (Å²) in [5.74, 6) is -1.18. The molecule has 0 spiro atoms. The van der Waals surface area contributed by atoms with Gasteiger partial charge in [-0.05, 0) is 30.7 Å². The van der Waals surface area contributed by atoms with Crippen molar-refractivity contribution in [2.24, 2.45) is 0 Å². The summed E-state index contributed by atoms with van der Waals surface area (Å²) in [7, 11) is 0. The first kappa shape index (κ1) is 12.9. The van der Waals surface area contributed by atoms with Crippen molar-refractivity contribution in [3.05, 3.63) is 53.3 Å². The molecular weight excluding hydrogens is 244 g/mol. The predicted molar refractivity (Wildman–Crippen MR) is 69.9 cm³/mol. The van der Waals surface area contributed by atoms with E-state index >= 15 is 0 Å². The monoisotopic (exact) mass is 258 g/mol. The molecule has 1 aromatic heterocycles. The average Bonchev–Trinajstić information content (AvgIpc) is 2.41. The maximum Gasteiger partial charge on any atom is 0.255 e. The lowest BCUT2D eigenvalue weighted by Crippen LogP contribution is -2.22. The number of hydrogen-bond acceptors (Lipinski definition) is 4. The van der Waals surface area contributed by atoms with Gasteiger partial charge in [0.15, 0.2) is 11.5 Å². The third-order valence-corrected chi connectivity index (χ3v) is 2.69. The molecule has 0 aliphatic heterocycles. The highest BCUT2D eigenvalue weighted by molar-refractivity contribution is 5.97. The molecule has 0 radical (unpaired) electrons. The number of aromatic hydroxyl groups is 2. The molecule has 0 saturated heterocycles. The Kier molecular flexibility index (Phi) is 3.66. The van der Waals surface area contributed by atoms with Gasteiger partial charge in [0, 0.05) is 18.4 Å². The van der Waals surface area contributed by atoms with Gasteiger partial charge in [-0.1, -0.05) is 12.1 Å². The molecule has 2 rings (SSSR count). The molecule has 5 nitrogen and oxygen atoms in total. The van der Waals surface area contributed by atoms with Crippen molar-refractivity contribution in [1.29, 1.82) is 0 Å². The highest BCUT2D eigenvalue weighted by Crippen LogP contribution is 2.27. The number of nitrogens with one attached hydrogen (secondary N) is 1. The van der Waals surface area contributed by atoms with Gasteiger partial charge >= 0.3 is 0 Å². The third kappa shape index (κ3) is 3.01. The number of para-hydroxylation sites is 1. The fourth-order valence-corrected chi connectivity index (χ4v) is 1.60. The molecule has 0 bridgehead atoms. The van der Waals surface area contributed by atoms with Gasteiger partial charge in [-0.3, -0.25) is 9.78 Å². The number of amides is 1. The highest BCUT2D eigenvalue weighted by Gasteiger charge is 2.13. The molecule has 19 heavy (non-hydrogen) atoms. The van der Waals surface area contributed by atoms with E-state index in [2.05, 4.69) is 10.3 Å². The Bertz CT molecular complexity index is 594. The Labute approximate surface area is 110 Å². The smallest absolute Gasteiger partial charge is 0.255 e. The largest absolute Gasteiger partial charge is 0.504 e. The summed E-state index contributed by atoms with van der Waals surface area (Å²) < 4.78 is 0. The van der Waals surface area contributed by atoms with Crippen molar-refractivity contribution in [2.75, 3.05) is 0 Å². The number of hydrogen-bond donors (Lipinski definition) is 3. The van der Waals surface area contributed by atoms with Gasteiger partial charge in [0.2, 0.25) is 0 Å². The first-order valence-electron chi connectivity index (χ1n) is 5.78. The summed E-state index contributed by atoms with van der Waals surface area (Å²) in [5, 5.41) is 21.6. The van der Waals surface area contributed by atoms with Gasteiger partial charge in [-0.15, -0.1) is 0 Å². The van der Waals surface area contributed by atoms with Crippen LogP contribution in [-0.4, -0.2) is 21.1 Å². The van der Waals surface area contributed by atoms with Crippen molar-refractivity contribution in [1.82, 2.24) is 10.3 Å². The summed E-state index contributed by atoms with van der Waals surface area (Å²) in [4.78, 5) is 16.0. The van der Waals surface area contributed by atoms with Gasteiger partial charge in [0.05, 0.1) is 5.56 Å². The van der Waals surface area contributed by atoms with Crippen LogP contribution in [0.1, 0.15) is 21.6 Å². The van der Waals surface area contributed by atoms with E-state index in [4.69, 9.17) is 0 Å². The average molecular weight is 258 g/mol. The summed E-state index contributed by atoms with van der Waals surface area (Å²) in [6, 6.07) is 7.98. The number of carbonyl (C=O) groups is 1. The predicted octanol–water partition coefficient (Wildman–Crippen LogP) is 1.73. The normalized spacial score (nSPS) is 10.2. The molecule has 1 aromatic carbocycles. The van der Waals surface area contributed by atoms with E-state index in [9.17, 15) is 15.0 Å². The fourth-order valence-electron chi connectivity index (χ4n) is 1.60. The van der Waals surface area contributed by atoms with Crippen LogP contribution >= 0.6 is 0 Å². The van der Waals surface area contributed by atoms with Crippen LogP contribution in [0.25, 0.3) is 0 Å². The Morgan fingerprint density at radius 1 is 1.26 bits per heavy atom. The first-order chi connectivity index (χ1) is 9.08. The highest BCUT2D eigenvalue weighted by atomic mass is 16.3. The number of aryl methyl sites for hydroxylation is 1. The second kappa shape index (κ2) is 5.39. The minimum absolute atomic E-state index is 0.0417. The van der Waals surface area contributed by atoms with E-state index in [1.165, 1.54) is 18.2 Å². The number of carbonyl (C=O) groups excluding carboxylic acids is 1. The number of aromatic nitrogens is 1. The lowest BCUT2D eigenvalue weighted by atomic mass is 10.1. The first-order valence-corrected chi connectivity index (χ1v) is 5.78. The summed E-state index contributed by atoms with van der Waals surface area (Å²) in [5.41, 5.74) is 1.80. The topological polar surface area (TPSA) is 82.5 Å².